The molecule has 1 aliphatic rings. The molecule has 0 spiro atoms. The van der Waals surface area contributed by atoms with E-state index in [0.29, 0.717) is 37.6 Å². The molecule has 0 bridgehead atoms. The maximum atomic E-state index is 13.8. The summed E-state index contributed by atoms with van der Waals surface area (Å²) >= 11 is 0. The smallest absolute Gasteiger partial charge is 0.336 e. The van der Waals surface area contributed by atoms with Crippen molar-refractivity contribution in [3.63, 3.8) is 0 Å². The highest BCUT2D eigenvalue weighted by molar-refractivity contribution is 5.90. The molecule has 1 N–H and O–H groups in total. The lowest BCUT2D eigenvalue weighted by Gasteiger charge is -2.29. The van der Waals surface area contributed by atoms with Crippen molar-refractivity contribution >= 4 is 11.7 Å². The summed E-state index contributed by atoms with van der Waals surface area (Å²) < 4.78 is 19.0. The van der Waals surface area contributed by atoms with Crippen LogP contribution < -0.4 is 4.90 Å². The number of morpholine rings is 1. The number of aryl methyl sites for hydroxylation is 1. The number of rotatable bonds is 2. The van der Waals surface area contributed by atoms with Crippen LogP contribution in [0.3, 0.4) is 0 Å². The molecule has 4 nitrogen and oxygen atoms in total. The van der Waals surface area contributed by atoms with Gasteiger partial charge in [-0.2, -0.15) is 0 Å². The van der Waals surface area contributed by atoms with Crippen LogP contribution in [0.2, 0.25) is 0 Å². The predicted octanol–water partition coefficient (Wildman–Crippen LogP) is 1.67. The molecule has 0 aliphatic carbocycles. The largest absolute Gasteiger partial charge is 0.478 e. The van der Waals surface area contributed by atoms with Gasteiger partial charge < -0.3 is 14.7 Å². The first kappa shape index (κ1) is 11.9. The third kappa shape index (κ3) is 2.39. The molecule has 5 heteroatoms. The van der Waals surface area contributed by atoms with Crippen LogP contribution >= 0.6 is 0 Å². The number of halogens is 1. The second-order valence-corrected chi connectivity index (χ2v) is 4.02. The number of hydrogen-bond acceptors (Lipinski definition) is 3. The molecule has 1 aliphatic heterocycles. The molecule has 0 unspecified atom stereocenters. The standard InChI is InChI=1S/C12H14FNO3/c1-8-6-11(14-2-4-17-5-3-14)10(13)7-9(8)12(15)16/h6-7H,2-5H2,1H3,(H,15,16). The molecular formula is C12H14FNO3. The monoisotopic (exact) mass is 239 g/mol. The van der Waals surface area contributed by atoms with Gasteiger partial charge in [0.2, 0.25) is 0 Å². The summed E-state index contributed by atoms with van der Waals surface area (Å²) in [7, 11) is 0. The molecule has 0 amide bonds. The third-order valence-electron chi connectivity index (χ3n) is 2.88. The van der Waals surface area contributed by atoms with Gasteiger partial charge in [0.1, 0.15) is 5.82 Å². The van der Waals surface area contributed by atoms with E-state index in [1.807, 2.05) is 4.90 Å². The number of aromatic carboxylic acids is 1. The number of ether oxygens (including phenoxy) is 1. The van der Waals surface area contributed by atoms with E-state index in [1.165, 1.54) is 0 Å². The van der Waals surface area contributed by atoms with Crippen LogP contribution in [0, 0.1) is 12.7 Å². The van der Waals surface area contributed by atoms with Crippen LogP contribution in [0.25, 0.3) is 0 Å². The van der Waals surface area contributed by atoms with Gasteiger partial charge in [0.25, 0.3) is 0 Å². The van der Waals surface area contributed by atoms with Crippen molar-refractivity contribution in [1.29, 1.82) is 0 Å². The van der Waals surface area contributed by atoms with Crippen LogP contribution in [0.1, 0.15) is 15.9 Å². The number of anilines is 1. The lowest BCUT2D eigenvalue weighted by Crippen LogP contribution is -2.36. The van der Waals surface area contributed by atoms with Crippen molar-refractivity contribution < 1.29 is 19.0 Å². The predicted molar refractivity (Wildman–Crippen MR) is 61.1 cm³/mol. The highest BCUT2D eigenvalue weighted by atomic mass is 19.1. The molecule has 17 heavy (non-hydrogen) atoms. The van der Waals surface area contributed by atoms with E-state index in [2.05, 4.69) is 0 Å². The van der Waals surface area contributed by atoms with Gasteiger partial charge in [-0.25, -0.2) is 9.18 Å². The fourth-order valence-electron chi connectivity index (χ4n) is 1.94. The Bertz CT molecular complexity index is 442. The van der Waals surface area contributed by atoms with Crippen LogP contribution in [-0.2, 0) is 4.74 Å². The average molecular weight is 239 g/mol. The lowest BCUT2D eigenvalue weighted by molar-refractivity contribution is 0.0695. The fraction of sp³-hybridized carbons (Fsp3) is 0.417. The molecule has 0 radical (unpaired) electrons. The SMILES string of the molecule is Cc1cc(N2CCOCC2)c(F)cc1C(=O)O. The average Bonchev–Trinajstić information content (AvgIpc) is 2.32. The molecule has 1 aromatic carbocycles. The van der Waals surface area contributed by atoms with E-state index < -0.39 is 11.8 Å². The minimum absolute atomic E-state index is 0.0134. The van der Waals surface area contributed by atoms with Crippen molar-refractivity contribution in [2.75, 3.05) is 31.2 Å². The van der Waals surface area contributed by atoms with Gasteiger partial charge in [0, 0.05) is 13.1 Å². The Morgan fingerprint density at radius 1 is 1.41 bits per heavy atom. The quantitative estimate of drug-likeness (QED) is 0.852. The van der Waals surface area contributed by atoms with E-state index in [0.717, 1.165) is 6.07 Å². The van der Waals surface area contributed by atoms with Crippen molar-refractivity contribution in [2.45, 2.75) is 6.92 Å². The zero-order valence-corrected chi connectivity index (χ0v) is 9.57. The maximum absolute atomic E-state index is 13.8. The van der Waals surface area contributed by atoms with Crippen molar-refractivity contribution in [2.24, 2.45) is 0 Å². The zero-order valence-electron chi connectivity index (χ0n) is 9.57. The normalized spacial score (nSPS) is 16.0. The van der Waals surface area contributed by atoms with E-state index in [4.69, 9.17) is 9.84 Å². The number of carboxylic acid groups (broad SMARTS) is 1. The van der Waals surface area contributed by atoms with Gasteiger partial charge in [-0.3, -0.25) is 0 Å². The first-order chi connectivity index (χ1) is 8.09. The maximum Gasteiger partial charge on any atom is 0.336 e. The van der Waals surface area contributed by atoms with E-state index in [-0.39, 0.29) is 5.56 Å². The van der Waals surface area contributed by atoms with Crippen molar-refractivity contribution in [3.05, 3.63) is 29.1 Å². The Hall–Kier alpha value is -1.62. The molecule has 1 heterocycles. The summed E-state index contributed by atoms with van der Waals surface area (Å²) in [6.07, 6.45) is 0. The summed E-state index contributed by atoms with van der Waals surface area (Å²) in [5, 5.41) is 8.89. The summed E-state index contributed by atoms with van der Waals surface area (Å²) in [6.45, 7) is 4.07. The Labute approximate surface area is 98.6 Å². The molecule has 1 aromatic rings. The van der Waals surface area contributed by atoms with E-state index >= 15 is 0 Å². The van der Waals surface area contributed by atoms with Crippen LogP contribution in [-0.4, -0.2) is 37.4 Å². The third-order valence-corrected chi connectivity index (χ3v) is 2.88. The molecule has 0 atom stereocenters. The highest BCUT2D eigenvalue weighted by Crippen LogP contribution is 2.24. The van der Waals surface area contributed by atoms with E-state index in [1.54, 1.807) is 13.0 Å². The Morgan fingerprint density at radius 2 is 2.06 bits per heavy atom. The molecule has 1 saturated heterocycles. The van der Waals surface area contributed by atoms with Gasteiger partial charge in [0.15, 0.2) is 0 Å². The number of hydrogen-bond donors (Lipinski definition) is 1. The van der Waals surface area contributed by atoms with Gasteiger partial charge in [0.05, 0.1) is 24.5 Å². The lowest BCUT2D eigenvalue weighted by atomic mass is 10.1. The number of carboxylic acids is 1. The number of carbonyl (C=O) groups is 1. The fourth-order valence-corrected chi connectivity index (χ4v) is 1.94. The summed E-state index contributed by atoms with van der Waals surface area (Å²) in [5.41, 5.74) is 1.04. The first-order valence-corrected chi connectivity index (χ1v) is 5.45. The minimum atomic E-state index is -1.10. The van der Waals surface area contributed by atoms with Gasteiger partial charge in [-0.05, 0) is 24.6 Å². The first-order valence-electron chi connectivity index (χ1n) is 5.45. The molecule has 2 rings (SSSR count). The molecule has 0 saturated carbocycles. The van der Waals surface area contributed by atoms with Crippen LogP contribution in [0.15, 0.2) is 12.1 Å². The Balaban J connectivity index is 2.35. The van der Waals surface area contributed by atoms with Gasteiger partial charge >= 0.3 is 5.97 Å². The topological polar surface area (TPSA) is 49.8 Å². The molecule has 0 aromatic heterocycles. The molecule has 92 valence electrons. The number of nitrogens with zero attached hydrogens (tertiary/aromatic N) is 1. The zero-order chi connectivity index (χ0) is 12.4. The highest BCUT2D eigenvalue weighted by Gasteiger charge is 2.18. The van der Waals surface area contributed by atoms with Gasteiger partial charge in [-0.15, -0.1) is 0 Å². The minimum Gasteiger partial charge on any atom is -0.478 e. The molecule has 1 fully saturated rings. The van der Waals surface area contributed by atoms with Gasteiger partial charge in [-0.1, -0.05) is 0 Å². The summed E-state index contributed by atoms with van der Waals surface area (Å²) in [5.74, 6) is -1.59. The Morgan fingerprint density at radius 3 is 2.65 bits per heavy atom. The van der Waals surface area contributed by atoms with Crippen molar-refractivity contribution in [1.82, 2.24) is 0 Å². The van der Waals surface area contributed by atoms with Crippen LogP contribution in [0.4, 0.5) is 10.1 Å². The van der Waals surface area contributed by atoms with Crippen molar-refractivity contribution in [3.8, 4) is 0 Å². The molecular weight excluding hydrogens is 225 g/mol. The summed E-state index contributed by atoms with van der Waals surface area (Å²) in [4.78, 5) is 12.7. The summed E-state index contributed by atoms with van der Waals surface area (Å²) in [6, 6.07) is 2.67. The number of benzene rings is 1. The van der Waals surface area contributed by atoms with Crippen LogP contribution in [0.5, 0.6) is 0 Å². The second-order valence-electron chi connectivity index (χ2n) is 4.02. The van der Waals surface area contributed by atoms with E-state index in [9.17, 15) is 9.18 Å². The Kier molecular flexibility index (Phi) is 3.28. The second kappa shape index (κ2) is 4.71.